The van der Waals surface area contributed by atoms with Crippen LogP contribution < -0.4 is 0 Å². The Hall–Kier alpha value is -2.03. The fraction of sp³-hybridized carbons (Fsp3) is 0.0667. The molecule has 0 aliphatic carbocycles. The number of halogens is 1. The summed E-state index contributed by atoms with van der Waals surface area (Å²) in [6, 6.07) is 15.6. The van der Waals surface area contributed by atoms with Crippen LogP contribution in [-0.4, -0.2) is 0 Å². The van der Waals surface area contributed by atoms with Crippen molar-refractivity contribution in [1.82, 2.24) is 0 Å². The van der Waals surface area contributed by atoms with Crippen molar-refractivity contribution in [3.8, 4) is 0 Å². The van der Waals surface area contributed by atoms with Gasteiger partial charge in [-0.3, -0.25) is 0 Å². The molecule has 0 radical (unpaired) electrons. The second-order valence-corrected chi connectivity index (χ2v) is 4.80. The maximum absolute atomic E-state index is 8.52. The molecule has 2 rings (SSSR count). The van der Waals surface area contributed by atoms with Crippen LogP contribution in [0.2, 0.25) is 0 Å². The molecule has 0 aliphatic rings. The van der Waals surface area contributed by atoms with Crippen molar-refractivity contribution in [2.75, 3.05) is 0 Å². The van der Waals surface area contributed by atoms with Gasteiger partial charge in [0.15, 0.2) is 0 Å². The zero-order valence-corrected chi connectivity index (χ0v) is 11.8. The number of hydrogen-bond acceptors (Lipinski definition) is 1. The lowest BCUT2D eigenvalue weighted by Crippen LogP contribution is -1.81. The highest BCUT2D eigenvalue weighted by Crippen LogP contribution is 2.21. The molecule has 2 aromatic carbocycles. The van der Waals surface area contributed by atoms with Crippen LogP contribution in [0.1, 0.15) is 11.1 Å². The molecule has 4 heteroatoms. The average Bonchev–Trinajstić information content (AvgIpc) is 2.43. The Morgan fingerprint density at radius 1 is 1.11 bits per heavy atom. The van der Waals surface area contributed by atoms with Crippen molar-refractivity contribution in [1.29, 1.82) is 0 Å². The molecule has 94 valence electrons. The Morgan fingerprint density at radius 3 is 2.63 bits per heavy atom. The molecule has 0 spiro atoms. The fourth-order valence-electron chi connectivity index (χ4n) is 1.75. The van der Waals surface area contributed by atoms with Crippen LogP contribution in [0.15, 0.2) is 64.2 Å². The van der Waals surface area contributed by atoms with Crippen molar-refractivity contribution in [3.05, 3.63) is 80.6 Å². The first-order valence-corrected chi connectivity index (χ1v) is 6.64. The molecule has 0 aromatic heterocycles. The monoisotopic (exact) mass is 313 g/mol. The third-order valence-corrected chi connectivity index (χ3v) is 3.41. The molecule has 0 atom stereocenters. The Kier molecular flexibility index (Phi) is 4.78. The van der Waals surface area contributed by atoms with Gasteiger partial charge in [0, 0.05) is 15.1 Å². The van der Waals surface area contributed by atoms with E-state index in [2.05, 4.69) is 38.1 Å². The molecule has 0 saturated heterocycles. The van der Waals surface area contributed by atoms with Gasteiger partial charge in [-0.05, 0) is 29.1 Å². The van der Waals surface area contributed by atoms with Gasteiger partial charge in [-0.15, -0.1) is 0 Å². The zero-order chi connectivity index (χ0) is 13.5. The Morgan fingerprint density at radius 2 is 1.84 bits per heavy atom. The van der Waals surface area contributed by atoms with Gasteiger partial charge in [-0.2, -0.15) is 0 Å². The SMILES string of the molecule is [N-]=[N+]=Nc1ccccc1C/C=C/c1ccccc1Br. The standard InChI is InChI=1S/C15H12BrN3/c16-14-10-3-1-6-12(14)8-5-9-13-7-2-4-11-15(13)18-19-17/h1-8,10-11H,9H2/b8-5+. The summed E-state index contributed by atoms with van der Waals surface area (Å²) in [5.74, 6) is 0. The summed E-state index contributed by atoms with van der Waals surface area (Å²) in [5, 5.41) is 3.69. The van der Waals surface area contributed by atoms with Crippen molar-refractivity contribution in [2.45, 2.75) is 6.42 Å². The van der Waals surface area contributed by atoms with Gasteiger partial charge in [0.1, 0.15) is 0 Å². The molecule has 19 heavy (non-hydrogen) atoms. The van der Waals surface area contributed by atoms with Crippen molar-refractivity contribution in [2.24, 2.45) is 5.11 Å². The molecular weight excluding hydrogens is 302 g/mol. The predicted molar refractivity (Wildman–Crippen MR) is 82.1 cm³/mol. The zero-order valence-electron chi connectivity index (χ0n) is 10.2. The van der Waals surface area contributed by atoms with E-state index in [1.807, 2.05) is 48.5 Å². The summed E-state index contributed by atoms with van der Waals surface area (Å²) in [5.41, 5.74) is 11.3. The lowest BCUT2D eigenvalue weighted by atomic mass is 10.1. The quantitative estimate of drug-likeness (QED) is 0.398. The van der Waals surface area contributed by atoms with Crippen LogP contribution in [-0.2, 0) is 6.42 Å². The fourth-order valence-corrected chi connectivity index (χ4v) is 2.17. The molecule has 0 aliphatic heterocycles. The molecule has 0 unspecified atom stereocenters. The predicted octanol–water partition coefficient (Wildman–Crippen LogP) is 5.65. The normalized spacial score (nSPS) is 10.4. The molecule has 0 bridgehead atoms. The lowest BCUT2D eigenvalue weighted by Gasteiger charge is -2.01. The minimum Gasteiger partial charge on any atom is -0.0795 e. The summed E-state index contributed by atoms with van der Waals surface area (Å²) in [6.07, 6.45) is 4.85. The number of azide groups is 1. The summed E-state index contributed by atoms with van der Waals surface area (Å²) >= 11 is 3.50. The van der Waals surface area contributed by atoms with Crippen LogP contribution in [0, 0.1) is 0 Å². The van der Waals surface area contributed by atoms with E-state index in [1.54, 1.807) is 0 Å². The van der Waals surface area contributed by atoms with Gasteiger partial charge in [0.05, 0.1) is 0 Å². The third-order valence-electron chi connectivity index (χ3n) is 2.68. The number of allylic oxidation sites excluding steroid dienone is 1. The number of hydrogen-bond donors (Lipinski definition) is 0. The highest BCUT2D eigenvalue weighted by atomic mass is 79.9. The van der Waals surface area contributed by atoms with Crippen molar-refractivity contribution < 1.29 is 0 Å². The summed E-state index contributed by atoms with van der Waals surface area (Å²) in [6.45, 7) is 0. The smallest absolute Gasteiger partial charge is 0.0410 e. The summed E-state index contributed by atoms with van der Waals surface area (Å²) in [7, 11) is 0. The van der Waals surface area contributed by atoms with Gasteiger partial charge in [-0.1, -0.05) is 75.7 Å². The molecule has 3 nitrogen and oxygen atoms in total. The van der Waals surface area contributed by atoms with Gasteiger partial charge in [0.25, 0.3) is 0 Å². The molecule has 0 saturated carbocycles. The Bertz CT molecular complexity index is 643. The van der Waals surface area contributed by atoms with E-state index in [4.69, 9.17) is 5.53 Å². The van der Waals surface area contributed by atoms with Crippen LogP contribution in [0.5, 0.6) is 0 Å². The van der Waals surface area contributed by atoms with Crippen LogP contribution in [0.3, 0.4) is 0 Å². The van der Waals surface area contributed by atoms with Crippen LogP contribution in [0.25, 0.3) is 16.5 Å². The number of nitrogens with zero attached hydrogens (tertiary/aromatic N) is 3. The summed E-state index contributed by atoms with van der Waals surface area (Å²) < 4.78 is 1.06. The van der Waals surface area contributed by atoms with Gasteiger partial charge in [-0.25, -0.2) is 0 Å². The largest absolute Gasteiger partial charge is 0.0795 e. The first-order chi connectivity index (χ1) is 9.31. The van der Waals surface area contributed by atoms with E-state index in [0.29, 0.717) is 5.69 Å². The maximum atomic E-state index is 8.52. The molecule has 2 aromatic rings. The number of rotatable bonds is 4. The average molecular weight is 314 g/mol. The Balaban J connectivity index is 2.15. The van der Waals surface area contributed by atoms with E-state index >= 15 is 0 Å². The van der Waals surface area contributed by atoms with E-state index in [9.17, 15) is 0 Å². The molecule has 0 N–H and O–H groups in total. The van der Waals surface area contributed by atoms with Crippen LogP contribution >= 0.6 is 15.9 Å². The third kappa shape index (κ3) is 3.71. The van der Waals surface area contributed by atoms with Crippen molar-refractivity contribution in [3.63, 3.8) is 0 Å². The van der Waals surface area contributed by atoms with Gasteiger partial charge in [0.2, 0.25) is 0 Å². The highest BCUT2D eigenvalue weighted by molar-refractivity contribution is 9.10. The van der Waals surface area contributed by atoms with E-state index in [-0.39, 0.29) is 0 Å². The van der Waals surface area contributed by atoms with E-state index < -0.39 is 0 Å². The second-order valence-electron chi connectivity index (χ2n) is 3.95. The van der Waals surface area contributed by atoms with Gasteiger partial charge < -0.3 is 0 Å². The van der Waals surface area contributed by atoms with Crippen molar-refractivity contribution >= 4 is 27.7 Å². The topological polar surface area (TPSA) is 48.8 Å². The number of benzene rings is 2. The Labute approximate surface area is 120 Å². The minimum absolute atomic E-state index is 0.682. The first kappa shape index (κ1) is 13.4. The molecule has 0 fully saturated rings. The molecular formula is C15H12BrN3. The summed E-state index contributed by atoms with van der Waals surface area (Å²) in [4.78, 5) is 2.84. The molecule has 0 heterocycles. The first-order valence-electron chi connectivity index (χ1n) is 5.85. The highest BCUT2D eigenvalue weighted by Gasteiger charge is 1.97. The second kappa shape index (κ2) is 6.78. The van der Waals surface area contributed by atoms with Crippen LogP contribution in [0.4, 0.5) is 5.69 Å². The van der Waals surface area contributed by atoms with Gasteiger partial charge >= 0.3 is 0 Å². The maximum Gasteiger partial charge on any atom is 0.0410 e. The molecule has 0 amide bonds. The van der Waals surface area contributed by atoms with E-state index in [1.165, 1.54) is 0 Å². The minimum atomic E-state index is 0.682. The lowest BCUT2D eigenvalue weighted by molar-refractivity contribution is 1.25. The van der Waals surface area contributed by atoms with E-state index in [0.717, 1.165) is 22.0 Å².